The van der Waals surface area contributed by atoms with Gasteiger partial charge in [0.25, 0.3) is 0 Å². The molecule has 0 aliphatic carbocycles. The van der Waals surface area contributed by atoms with Crippen LogP contribution < -0.4 is 98.9 Å². The average molecular weight is 242 g/mol. The largest absolute Gasteiger partial charge is 1.00 e. The Morgan fingerprint density at radius 3 is 1.80 bits per heavy atom. The summed E-state index contributed by atoms with van der Waals surface area (Å²) < 4.78 is 0. The van der Waals surface area contributed by atoms with Gasteiger partial charge in [-0.1, -0.05) is 0 Å². The summed E-state index contributed by atoms with van der Waals surface area (Å²) in [6.45, 7) is 0. The number of aliphatic carboxylic acids is 2. The Labute approximate surface area is 153 Å². The molecule has 0 aromatic heterocycles. The second-order valence-electron chi connectivity index (χ2n) is 2.06. The zero-order valence-corrected chi connectivity index (χ0v) is 14.9. The molecular weight excluding hydrogens is 237 g/mol. The average Bonchev–Trinajstić information content (AvgIpc) is 1.98. The van der Waals surface area contributed by atoms with Gasteiger partial charge in [-0.2, -0.15) is 0 Å². The number of aliphatic hydroxyl groups is 1. The Bertz CT molecular complexity index is 209. The normalized spacial score (nSPS) is 11.8. The molecule has 0 saturated heterocycles. The monoisotopic (exact) mass is 242 g/mol. The molecule has 0 amide bonds. The van der Waals surface area contributed by atoms with E-state index < -0.39 is 30.4 Å². The van der Waals surface area contributed by atoms with Gasteiger partial charge in [-0.05, 0) is 12.5 Å². The fraction of sp³-hybridized carbons (Fsp3) is 0.500. The van der Waals surface area contributed by atoms with Crippen molar-refractivity contribution in [2.45, 2.75) is 12.5 Å². The number of carbonyl (C=O) groups is 2. The van der Waals surface area contributed by atoms with E-state index in [1.165, 1.54) is 0 Å². The molecule has 0 fully saturated rings. The molecule has 9 heteroatoms. The van der Waals surface area contributed by atoms with Gasteiger partial charge in [0.15, 0.2) is 0 Å². The van der Waals surface area contributed by atoms with E-state index in [0.29, 0.717) is 0 Å². The van der Waals surface area contributed by atoms with E-state index in [2.05, 4.69) is 0 Å². The molecule has 6 nitrogen and oxygen atoms in total. The van der Waals surface area contributed by atoms with Crippen LogP contribution in [0.1, 0.15) is 6.42 Å². The van der Waals surface area contributed by atoms with Crippen LogP contribution in [-0.2, 0) is 14.4 Å². The first-order chi connectivity index (χ1) is 5.49. The summed E-state index contributed by atoms with van der Waals surface area (Å²) in [6, 6.07) is 0. The van der Waals surface area contributed by atoms with Crippen molar-refractivity contribution in [1.29, 1.82) is 0 Å². The third kappa shape index (κ3) is 11.8. The van der Waals surface area contributed by atoms with Crippen LogP contribution >= 0.6 is 0 Å². The molecular formula is C6H5Na3O6. The minimum Gasteiger partial charge on any atom is -0.550 e. The van der Waals surface area contributed by atoms with E-state index in [1.54, 1.807) is 0 Å². The maximum absolute atomic E-state index is 10.1. The minimum atomic E-state index is -1.99. The van der Waals surface area contributed by atoms with Crippen LogP contribution in [0.15, 0.2) is 0 Å². The molecule has 0 aliphatic rings. The summed E-state index contributed by atoms with van der Waals surface area (Å²) >= 11 is 0. The van der Waals surface area contributed by atoms with Crippen LogP contribution in [0.2, 0.25) is 0 Å². The van der Waals surface area contributed by atoms with Crippen molar-refractivity contribution < 1.29 is 118 Å². The Hall–Kier alpha value is 1.57. The van der Waals surface area contributed by atoms with Crippen molar-refractivity contribution in [3.8, 4) is 0 Å². The molecule has 0 spiro atoms. The van der Waals surface area contributed by atoms with E-state index in [4.69, 9.17) is 5.11 Å². The number of carboxylic acids is 2. The first-order valence-corrected chi connectivity index (χ1v) is 2.95. The molecule has 2 atom stereocenters. The van der Waals surface area contributed by atoms with E-state index in [1.807, 2.05) is 0 Å². The van der Waals surface area contributed by atoms with Gasteiger partial charge in [0.05, 0.1) is 0 Å². The summed E-state index contributed by atoms with van der Waals surface area (Å²) in [7, 11) is 0. The van der Waals surface area contributed by atoms with Crippen molar-refractivity contribution >= 4 is 18.2 Å². The van der Waals surface area contributed by atoms with E-state index in [-0.39, 0.29) is 88.7 Å². The molecule has 1 N–H and O–H groups in total. The first kappa shape index (κ1) is 25.4. The van der Waals surface area contributed by atoms with Crippen molar-refractivity contribution in [3.05, 3.63) is 0 Å². The predicted octanol–water partition coefficient (Wildman–Crippen LogP) is -13.0. The molecule has 0 heterocycles. The maximum atomic E-state index is 10.1. The number of hydrogen-bond acceptors (Lipinski definition) is 6. The smallest absolute Gasteiger partial charge is 0.550 e. The number of carboxylic acid groups (broad SMARTS) is 2. The van der Waals surface area contributed by atoms with Gasteiger partial charge in [-0.3, -0.25) is 0 Å². The van der Waals surface area contributed by atoms with Crippen LogP contribution in [-0.4, -0.2) is 29.4 Å². The molecule has 2 unspecified atom stereocenters. The number of carbonyl (C=O) groups excluding carboxylic acids is 3. The van der Waals surface area contributed by atoms with Crippen molar-refractivity contribution in [2.24, 2.45) is 5.92 Å². The molecule has 0 bridgehead atoms. The van der Waals surface area contributed by atoms with Gasteiger partial charge in [0.2, 0.25) is 0 Å². The number of hydrogen-bond donors (Lipinski definition) is 1. The minimum absolute atomic E-state index is 0. The first-order valence-electron chi connectivity index (χ1n) is 2.95. The van der Waals surface area contributed by atoms with Gasteiger partial charge in [-0.15, -0.1) is 0 Å². The maximum Gasteiger partial charge on any atom is 1.00 e. The van der Waals surface area contributed by atoms with Crippen molar-refractivity contribution in [3.63, 3.8) is 0 Å². The topological polar surface area (TPSA) is 118 Å². The molecule has 0 aromatic rings. The van der Waals surface area contributed by atoms with E-state index >= 15 is 0 Å². The third-order valence-electron chi connectivity index (χ3n) is 1.19. The summed E-state index contributed by atoms with van der Waals surface area (Å²) in [5.41, 5.74) is 0. The zero-order valence-electron chi connectivity index (χ0n) is 8.85. The number of rotatable bonds is 5. The Morgan fingerprint density at radius 2 is 1.60 bits per heavy atom. The fourth-order valence-corrected chi connectivity index (χ4v) is 0.586. The number of aliphatic hydroxyl groups excluding tert-OH is 1. The Balaban J connectivity index is -0.000000202. The van der Waals surface area contributed by atoms with Crippen LogP contribution in [0.4, 0.5) is 0 Å². The summed E-state index contributed by atoms with van der Waals surface area (Å²) in [5.74, 6) is -5.30. The third-order valence-corrected chi connectivity index (χ3v) is 1.19. The van der Waals surface area contributed by atoms with E-state index in [9.17, 15) is 24.6 Å². The summed E-state index contributed by atoms with van der Waals surface area (Å²) in [5, 5.41) is 28.6. The van der Waals surface area contributed by atoms with Crippen LogP contribution in [0, 0.1) is 5.92 Å². The molecule has 15 heavy (non-hydrogen) atoms. The molecule has 0 aromatic carbocycles. The van der Waals surface area contributed by atoms with Crippen LogP contribution in [0.25, 0.3) is 0 Å². The molecule has 0 saturated carbocycles. The van der Waals surface area contributed by atoms with E-state index in [0.717, 1.165) is 6.29 Å². The molecule has 0 radical (unpaired) electrons. The van der Waals surface area contributed by atoms with Crippen molar-refractivity contribution in [2.75, 3.05) is 0 Å². The summed E-state index contributed by atoms with van der Waals surface area (Å²) in [4.78, 5) is 29.7. The van der Waals surface area contributed by atoms with Crippen LogP contribution in [0.5, 0.6) is 0 Å². The molecule has 0 aliphatic heterocycles. The Morgan fingerprint density at radius 1 is 1.20 bits per heavy atom. The Kier molecular flexibility index (Phi) is 23.1. The molecule has 68 valence electrons. The van der Waals surface area contributed by atoms with Crippen molar-refractivity contribution in [1.82, 2.24) is 0 Å². The molecule has 0 rings (SSSR count). The predicted molar refractivity (Wildman–Crippen MR) is 29.8 cm³/mol. The fourth-order valence-electron chi connectivity index (χ4n) is 0.586. The van der Waals surface area contributed by atoms with Gasteiger partial charge < -0.3 is 29.7 Å². The van der Waals surface area contributed by atoms with Gasteiger partial charge in [0, 0.05) is 17.9 Å². The second-order valence-corrected chi connectivity index (χ2v) is 2.06. The van der Waals surface area contributed by atoms with Gasteiger partial charge in [-0.25, -0.2) is 6.29 Å². The standard InChI is InChI=1S/C6H7O6.3Na/c7-2-4(8)3(6(11)12)1-5(9)10;;;/h3-4,8H,1H2,(H,9,10)(H,11,12);;;/q-1;3*+1/p-2. The van der Waals surface area contributed by atoms with Crippen LogP contribution in [0.3, 0.4) is 0 Å². The zero-order chi connectivity index (χ0) is 9.72. The second kappa shape index (κ2) is 13.6. The SMILES string of the molecule is O=[C-]C(O)C(CC(=O)[O-])C(=O)[O-].[Na+].[Na+].[Na+]. The van der Waals surface area contributed by atoms with Gasteiger partial charge >= 0.3 is 88.7 Å². The van der Waals surface area contributed by atoms with Gasteiger partial charge in [0.1, 0.15) is 0 Å². The summed E-state index contributed by atoms with van der Waals surface area (Å²) in [6.07, 6.45) is -2.02. The quantitative estimate of drug-likeness (QED) is 0.378.